The molecule has 3 aromatic carbocycles. The Morgan fingerprint density at radius 2 is 1.70 bits per heavy atom. The SMILES string of the molecule is CNCc1ccc(C(=O)Oc2ccc(S(=O)(=O)CCN3CC[C@H](Cc4ccccc4)[C@H](O)C3)cc2)cc1. The lowest BCUT2D eigenvalue weighted by Crippen LogP contribution is -2.46. The van der Waals surface area contributed by atoms with E-state index in [1.54, 1.807) is 12.1 Å². The van der Waals surface area contributed by atoms with Crippen LogP contribution < -0.4 is 10.1 Å². The molecule has 1 aliphatic rings. The number of esters is 1. The van der Waals surface area contributed by atoms with Crippen molar-refractivity contribution in [2.45, 2.75) is 30.4 Å². The molecule has 0 aliphatic carbocycles. The molecule has 7 nitrogen and oxygen atoms in total. The van der Waals surface area contributed by atoms with Gasteiger partial charge in [-0.25, -0.2) is 13.2 Å². The molecule has 1 fully saturated rings. The average Bonchev–Trinajstić information content (AvgIpc) is 2.90. The number of rotatable bonds is 10. The van der Waals surface area contributed by atoms with Crippen molar-refractivity contribution in [3.63, 3.8) is 0 Å². The summed E-state index contributed by atoms with van der Waals surface area (Å²) in [6, 6.07) is 23.2. The fraction of sp³-hybridized carbons (Fsp3) is 0.345. The zero-order chi connectivity index (χ0) is 26.3. The van der Waals surface area contributed by atoms with Crippen LogP contribution >= 0.6 is 0 Å². The molecular formula is C29H34N2O5S. The molecule has 3 aromatic rings. The highest BCUT2D eigenvalue weighted by Gasteiger charge is 2.28. The molecule has 1 saturated heterocycles. The molecular weight excluding hydrogens is 488 g/mol. The molecule has 196 valence electrons. The number of β-amino-alcohol motifs (C(OH)–C–C–N with tert-alkyl or cyclic N) is 1. The van der Waals surface area contributed by atoms with Crippen molar-refractivity contribution in [2.75, 3.05) is 32.4 Å². The lowest BCUT2D eigenvalue weighted by atomic mass is 9.88. The van der Waals surface area contributed by atoms with Gasteiger partial charge in [0.2, 0.25) is 0 Å². The quantitative estimate of drug-likeness (QED) is 0.312. The molecule has 0 spiro atoms. The zero-order valence-electron chi connectivity index (χ0n) is 21.0. The van der Waals surface area contributed by atoms with E-state index in [2.05, 4.69) is 17.4 Å². The zero-order valence-corrected chi connectivity index (χ0v) is 21.9. The number of hydrogen-bond donors (Lipinski definition) is 2. The van der Waals surface area contributed by atoms with Crippen molar-refractivity contribution in [3.8, 4) is 5.75 Å². The van der Waals surface area contributed by atoms with Crippen molar-refractivity contribution in [3.05, 3.63) is 95.6 Å². The maximum absolute atomic E-state index is 12.9. The fourth-order valence-corrected chi connectivity index (χ4v) is 5.90. The molecule has 8 heteroatoms. The van der Waals surface area contributed by atoms with E-state index in [1.807, 2.05) is 42.3 Å². The molecule has 37 heavy (non-hydrogen) atoms. The van der Waals surface area contributed by atoms with E-state index in [4.69, 9.17) is 4.74 Å². The standard InChI is InChI=1S/C29H34N2O5S/c1-30-20-23-7-9-24(10-8-23)29(33)36-26-11-13-27(14-12-26)37(34,35)18-17-31-16-15-25(28(32)21-31)19-22-5-3-2-4-6-22/h2-14,25,28,30,32H,15-21H2,1H3/t25-,28-/m1/s1. The van der Waals surface area contributed by atoms with Gasteiger partial charge in [0.1, 0.15) is 5.75 Å². The van der Waals surface area contributed by atoms with Gasteiger partial charge in [-0.15, -0.1) is 0 Å². The Hall–Kier alpha value is -3.04. The number of sulfone groups is 1. The van der Waals surface area contributed by atoms with Crippen molar-refractivity contribution in [1.29, 1.82) is 0 Å². The normalized spacial score (nSPS) is 18.4. The van der Waals surface area contributed by atoms with Crippen LogP contribution in [0.25, 0.3) is 0 Å². The average molecular weight is 523 g/mol. The predicted molar refractivity (Wildman–Crippen MR) is 143 cm³/mol. The second-order valence-corrected chi connectivity index (χ2v) is 11.6. The van der Waals surface area contributed by atoms with E-state index in [9.17, 15) is 18.3 Å². The molecule has 0 aromatic heterocycles. The molecule has 2 N–H and O–H groups in total. The number of carbonyl (C=O) groups is 1. The van der Waals surface area contributed by atoms with Gasteiger partial charge in [-0.2, -0.15) is 0 Å². The summed E-state index contributed by atoms with van der Waals surface area (Å²) in [4.78, 5) is 14.6. The van der Waals surface area contributed by atoms with Gasteiger partial charge in [-0.1, -0.05) is 42.5 Å². The fourth-order valence-electron chi connectivity index (χ4n) is 4.61. The Kier molecular flexibility index (Phi) is 9.10. The summed E-state index contributed by atoms with van der Waals surface area (Å²) in [6.45, 7) is 2.29. The first kappa shape index (κ1) is 27.0. The van der Waals surface area contributed by atoms with Crippen LogP contribution in [0.4, 0.5) is 0 Å². The summed E-state index contributed by atoms with van der Waals surface area (Å²) in [5.74, 6) is -0.0780. The number of aliphatic hydroxyl groups excluding tert-OH is 1. The third-order valence-corrected chi connectivity index (χ3v) is 8.50. The second kappa shape index (κ2) is 12.5. The van der Waals surface area contributed by atoms with Crippen LogP contribution in [0, 0.1) is 5.92 Å². The number of hydrogen-bond acceptors (Lipinski definition) is 7. The molecule has 1 heterocycles. The summed E-state index contributed by atoms with van der Waals surface area (Å²) < 4.78 is 31.2. The number of carbonyl (C=O) groups excluding carboxylic acids is 1. The highest BCUT2D eigenvalue weighted by atomic mass is 32.2. The number of benzene rings is 3. The van der Waals surface area contributed by atoms with E-state index in [0.29, 0.717) is 25.2 Å². The first-order chi connectivity index (χ1) is 17.8. The lowest BCUT2D eigenvalue weighted by Gasteiger charge is -2.36. The smallest absolute Gasteiger partial charge is 0.343 e. The number of aliphatic hydroxyl groups is 1. The highest BCUT2D eigenvalue weighted by molar-refractivity contribution is 7.91. The van der Waals surface area contributed by atoms with Crippen LogP contribution in [-0.4, -0.2) is 62.9 Å². The largest absolute Gasteiger partial charge is 0.423 e. The van der Waals surface area contributed by atoms with Crippen LogP contribution in [0.15, 0.2) is 83.8 Å². The third kappa shape index (κ3) is 7.49. The van der Waals surface area contributed by atoms with Crippen LogP contribution in [0.3, 0.4) is 0 Å². The van der Waals surface area contributed by atoms with E-state index in [0.717, 1.165) is 24.9 Å². The van der Waals surface area contributed by atoms with E-state index in [-0.39, 0.29) is 22.3 Å². The minimum absolute atomic E-state index is 0.0405. The van der Waals surface area contributed by atoms with E-state index < -0.39 is 21.9 Å². The van der Waals surface area contributed by atoms with Crippen molar-refractivity contribution < 1.29 is 23.1 Å². The van der Waals surface area contributed by atoms with Crippen LogP contribution in [0.1, 0.15) is 27.9 Å². The first-order valence-corrected chi connectivity index (χ1v) is 14.2. The Morgan fingerprint density at radius 1 is 1.00 bits per heavy atom. The van der Waals surface area contributed by atoms with Gasteiger partial charge in [0.15, 0.2) is 9.84 Å². The summed E-state index contributed by atoms with van der Waals surface area (Å²) in [5.41, 5.74) is 2.69. The van der Waals surface area contributed by atoms with Crippen molar-refractivity contribution in [2.24, 2.45) is 5.92 Å². The molecule has 0 amide bonds. The Morgan fingerprint density at radius 3 is 2.35 bits per heavy atom. The topological polar surface area (TPSA) is 95.9 Å². The summed E-state index contributed by atoms with van der Waals surface area (Å²) in [5, 5.41) is 13.7. The second-order valence-electron chi connectivity index (χ2n) is 9.51. The summed E-state index contributed by atoms with van der Waals surface area (Å²) in [7, 11) is -1.66. The van der Waals surface area contributed by atoms with Gasteiger partial charge in [0.05, 0.1) is 22.3 Å². The number of nitrogens with one attached hydrogen (secondary N) is 1. The van der Waals surface area contributed by atoms with Crippen LogP contribution in [-0.2, 0) is 22.8 Å². The van der Waals surface area contributed by atoms with Crippen LogP contribution in [0.5, 0.6) is 5.75 Å². The maximum atomic E-state index is 12.9. The van der Waals surface area contributed by atoms with Gasteiger partial charge < -0.3 is 15.2 Å². The van der Waals surface area contributed by atoms with Gasteiger partial charge >= 0.3 is 5.97 Å². The number of piperidine rings is 1. The van der Waals surface area contributed by atoms with Gasteiger partial charge in [-0.05, 0) is 79.9 Å². The lowest BCUT2D eigenvalue weighted by molar-refractivity contribution is 0.0245. The molecule has 4 rings (SSSR count). The number of nitrogens with zero attached hydrogens (tertiary/aromatic N) is 1. The minimum Gasteiger partial charge on any atom is -0.423 e. The molecule has 2 atom stereocenters. The molecule has 0 saturated carbocycles. The van der Waals surface area contributed by atoms with Gasteiger partial charge in [0, 0.05) is 19.6 Å². The van der Waals surface area contributed by atoms with E-state index >= 15 is 0 Å². The Labute approximate surface area is 219 Å². The summed E-state index contributed by atoms with van der Waals surface area (Å²) in [6.07, 6.45) is 1.17. The number of ether oxygens (including phenoxy) is 1. The minimum atomic E-state index is -3.52. The molecule has 0 radical (unpaired) electrons. The Bertz CT molecular complexity index is 1260. The van der Waals surface area contributed by atoms with Crippen molar-refractivity contribution >= 4 is 15.8 Å². The molecule has 0 bridgehead atoms. The van der Waals surface area contributed by atoms with Gasteiger partial charge in [0.25, 0.3) is 0 Å². The predicted octanol–water partition coefficient (Wildman–Crippen LogP) is 3.32. The molecule has 0 unspecified atom stereocenters. The third-order valence-electron chi connectivity index (χ3n) is 6.79. The monoisotopic (exact) mass is 522 g/mol. The number of likely N-dealkylation sites (tertiary alicyclic amines) is 1. The van der Waals surface area contributed by atoms with Crippen molar-refractivity contribution in [1.82, 2.24) is 10.2 Å². The van der Waals surface area contributed by atoms with E-state index in [1.165, 1.54) is 29.8 Å². The highest BCUT2D eigenvalue weighted by Crippen LogP contribution is 2.23. The van der Waals surface area contributed by atoms with Gasteiger partial charge in [-0.3, -0.25) is 4.90 Å². The first-order valence-electron chi connectivity index (χ1n) is 12.6. The van der Waals surface area contributed by atoms with Crippen LogP contribution in [0.2, 0.25) is 0 Å². The maximum Gasteiger partial charge on any atom is 0.343 e. The Balaban J connectivity index is 1.27. The summed E-state index contributed by atoms with van der Waals surface area (Å²) >= 11 is 0. The molecule has 1 aliphatic heterocycles.